The van der Waals surface area contributed by atoms with Gasteiger partial charge in [0.2, 0.25) is 5.91 Å². The standard InChI is InChI=1S/C11H15N3O/c1-12-9-6-5-8-4-3-7-13-10(8)14(2)11(9)15/h3-4,7,9,12H,5-6H2,1-2H3. The molecule has 1 unspecified atom stereocenters. The summed E-state index contributed by atoms with van der Waals surface area (Å²) in [7, 11) is 3.60. The van der Waals surface area contributed by atoms with Crippen molar-refractivity contribution in [2.75, 3.05) is 19.0 Å². The molecule has 1 aromatic heterocycles. The highest BCUT2D eigenvalue weighted by atomic mass is 16.2. The minimum atomic E-state index is -0.0933. The molecule has 1 aromatic rings. The summed E-state index contributed by atoms with van der Waals surface area (Å²) in [6.07, 6.45) is 3.45. The molecular weight excluding hydrogens is 190 g/mol. The van der Waals surface area contributed by atoms with Crippen molar-refractivity contribution in [2.45, 2.75) is 18.9 Å². The molecule has 1 aliphatic heterocycles. The molecule has 1 N–H and O–H groups in total. The van der Waals surface area contributed by atoms with E-state index in [9.17, 15) is 4.79 Å². The van der Waals surface area contributed by atoms with Gasteiger partial charge in [0.05, 0.1) is 6.04 Å². The minimum absolute atomic E-state index is 0.0925. The molecule has 4 heteroatoms. The van der Waals surface area contributed by atoms with Gasteiger partial charge >= 0.3 is 0 Å². The van der Waals surface area contributed by atoms with Crippen LogP contribution in [0.5, 0.6) is 0 Å². The molecule has 1 aliphatic rings. The van der Waals surface area contributed by atoms with Crippen LogP contribution in [-0.4, -0.2) is 31.0 Å². The number of carbonyl (C=O) groups excluding carboxylic acids is 1. The Morgan fingerprint density at radius 1 is 1.60 bits per heavy atom. The van der Waals surface area contributed by atoms with Crippen LogP contribution in [0.3, 0.4) is 0 Å². The summed E-state index contributed by atoms with van der Waals surface area (Å²) < 4.78 is 0. The van der Waals surface area contributed by atoms with E-state index in [1.54, 1.807) is 18.1 Å². The molecule has 0 saturated heterocycles. The Morgan fingerprint density at radius 2 is 2.40 bits per heavy atom. The first kappa shape index (κ1) is 10.1. The summed E-state index contributed by atoms with van der Waals surface area (Å²) in [6.45, 7) is 0. The van der Waals surface area contributed by atoms with Crippen LogP contribution in [0.25, 0.3) is 0 Å². The second-order valence-electron chi connectivity index (χ2n) is 3.76. The lowest BCUT2D eigenvalue weighted by molar-refractivity contribution is -0.120. The lowest BCUT2D eigenvalue weighted by Gasteiger charge is -2.19. The summed E-state index contributed by atoms with van der Waals surface area (Å²) in [6, 6.07) is 3.85. The summed E-state index contributed by atoms with van der Waals surface area (Å²) in [4.78, 5) is 17.9. The van der Waals surface area contributed by atoms with Gasteiger partial charge in [-0.2, -0.15) is 0 Å². The van der Waals surface area contributed by atoms with E-state index in [4.69, 9.17) is 0 Å². The number of nitrogens with zero attached hydrogens (tertiary/aromatic N) is 2. The fraction of sp³-hybridized carbons (Fsp3) is 0.455. The van der Waals surface area contributed by atoms with E-state index in [-0.39, 0.29) is 11.9 Å². The monoisotopic (exact) mass is 205 g/mol. The number of aromatic nitrogens is 1. The number of likely N-dealkylation sites (N-methyl/N-ethyl adjacent to an activating group) is 2. The Labute approximate surface area is 89.3 Å². The average molecular weight is 205 g/mol. The van der Waals surface area contributed by atoms with Crippen LogP contribution in [0.2, 0.25) is 0 Å². The summed E-state index contributed by atoms with van der Waals surface area (Å²) in [5, 5.41) is 3.04. The van der Waals surface area contributed by atoms with Crippen molar-refractivity contribution in [1.82, 2.24) is 10.3 Å². The number of hydrogen-bond acceptors (Lipinski definition) is 3. The number of aryl methyl sites for hydroxylation is 1. The number of fused-ring (bicyclic) bond motifs is 1. The van der Waals surface area contributed by atoms with Crippen LogP contribution < -0.4 is 10.2 Å². The highest BCUT2D eigenvalue weighted by Gasteiger charge is 2.27. The third-order valence-electron chi connectivity index (χ3n) is 2.86. The summed E-state index contributed by atoms with van der Waals surface area (Å²) in [5.41, 5.74) is 1.14. The van der Waals surface area contributed by atoms with E-state index < -0.39 is 0 Å². The molecular formula is C11H15N3O. The topological polar surface area (TPSA) is 45.2 Å². The Morgan fingerprint density at radius 3 is 3.13 bits per heavy atom. The predicted molar refractivity (Wildman–Crippen MR) is 58.8 cm³/mol. The molecule has 0 aliphatic carbocycles. The molecule has 4 nitrogen and oxygen atoms in total. The van der Waals surface area contributed by atoms with Crippen LogP contribution in [0.1, 0.15) is 12.0 Å². The molecule has 0 radical (unpaired) electrons. The van der Waals surface area contributed by atoms with Gasteiger partial charge in [-0.1, -0.05) is 6.07 Å². The number of anilines is 1. The van der Waals surface area contributed by atoms with Gasteiger partial charge in [0.25, 0.3) is 0 Å². The normalized spacial score (nSPS) is 21.1. The molecule has 2 heterocycles. The van der Waals surface area contributed by atoms with E-state index in [2.05, 4.69) is 10.3 Å². The third kappa shape index (κ3) is 1.72. The Bertz CT molecular complexity index is 378. The van der Waals surface area contributed by atoms with Crippen LogP contribution in [-0.2, 0) is 11.2 Å². The van der Waals surface area contributed by atoms with Crippen molar-refractivity contribution in [3.63, 3.8) is 0 Å². The Balaban J connectivity index is 2.39. The van der Waals surface area contributed by atoms with Gasteiger partial charge in [-0.15, -0.1) is 0 Å². The van der Waals surface area contributed by atoms with Crippen molar-refractivity contribution in [1.29, 1.82) is 0 Å². The van der Waals surface area contributed by atoms with E-state index in [0.29, 0.717) is 0 Å². The fourth-order valence-electron chi connectivity index (χ4n) is 1.96. The van der Waals surface area contributed by atoms with Gasteiger partial charge in [0.1, 0.15) is 5.82 Å². The van der Waals surface area contributed by atoms with Crippen LogP contribution in [0.15, 0.2) is 18.3 Å². The van der Waals surface area contributed by atoms with Crippen LogP contribution >= 0.6 is 0 Å². The first-order valence-electron chi connectivity index (χ1n) is 5.12. The highest BCUT2D eigenvalue weighted by molar-refractivity contribution is 5.97. The maximum absolute atomic E-state index is 12.0. The zero-order valence-corrected chi connectivity index (χ0v) is 9.03. The maximum atomic E-state index is 12.0. The van der Waals surface area contributed by atoms with Crippen molar-refractivity contribution in [3.8, 4) is 0 Å². The SMILES string of the molecule is CNC1CCc2cccnc2N(C)C1=O. The maximum Gasteiger partial charge on any atom is 0.245 e. The number of rotatable bonds is 1. The van der Waals surface area contributed by atoms with Gasteiger partial charge in [0.15, 0.2) is 0 Å². The van der Waals surface area contributed by atoms with Crippen molar-refractivity contribution >= 4 is 11.7 Å². The minimum Gasteiger partial charge on any atom is -0.309 e. The quantitative estimate of drug-likeness (QED) is 0.729. The molecule has 1 amide bonds. The van der Waals surface area contributed by atoms with Gasteiger partial charge in [0, 0.05) is 13.2 Å². The largest absolute Gasteiger partial charge is 0.309 e. The van der Waals surface area contributed by atoms with Gasteiger partial charge in [-0.25, -0.2) is 4.98 Å². The van der Waals surface area contributed by atoms with Gasteiger partial charge in [-0.3, -0.25) is 9.69 Å². The number of nitrogens with one attached hydrogen (secondary N) is 1. The van der Waals surface area contributed by atoms with Crippen molar-refractivity contribution in [2.24, 2.45) is 0 Å². The zero-order valence-electron chi connectivity index (χ0n) is 9.03. The van der Waals surface area contributed by atoms with Crippen molar-refractivity contribution < 1.29 is 4.79 Å². The molecule has 1 atom stereocenters. The van der Waals surface area contributed by atoms with E-state index in [0.717, 1.165) is 24.2 Å². The number of carbonyl (C=O) groups is 1. The fourth-order valence-corrected chi connectivity index (χ4v) is 1.96. The lowest BCUT2D eigenvalue weighted by Crippen LogP contribution is -2.42. The molecule has 15 heavy (non-hydrogen) atoms. The second kappa shape index (κ2) is 3.98. The van der Waals surface area contributed by atoms with Gasteiger partial charge in [-0.05, 0) is 31.5 Å². The Hall–Kier alpha value is -1.42. The third-order valence-corrected chi connectivity index (χ3v) is 2.86. The molecule has 0 aromatic carbocycles. The molecule has 0 saturated carbocycles. The van der Waals surface area contributed by atoms with E-state index in [1.165, 1.54) is 0 Å². The van der Waals surface area contributed by atoms with Crippen LogP contribution in [0, 0.1) is 0 Å². The Kier molecular flexibility index (Phi) is 2.68. The molecule has 0 fully saturated rings. The number of pyridine rings is 1. The smallest absolute Gasteiger partial charge is 0.245 e. The van der Waals surface area contributed by atoms with Crippen LogP contribution in [0.4, 0.5) is 5.82 Å². The first-order valence-corrected chi connectivity index (χ1v) is 5.12. The predicted octanol–water partition coefficient (Wildman–Crippen LogP) is 0.579. The number of amides is 1. The first-order chi connectivity index (χ1) is 7.24. The molecule has 2 rings (SSSR count). The lowest BCUT2D eigenvalue weighted by atomic mass is 10.1. The molecule has 0 spiro atoms. The van der Waals surface area contributed by atoms with Gasteiger partial charge < -0.3 is 5.32 Å². The highest BCUT2D eigenvalue weighted by Crippen LogP contribution is 2.22. The second-order valence-corrected chi connectivity index (χ2v) is 3.76. The molecule has 0 bridgehead atoms. The summed E-state index contributed by atoms with van der Waals surface area (Å²) in [5.74, 6) is 0.884. The number of hydrogen-bond donors (Lipinski definition) is 1. The average Bonchev–Trinajstić information content (AvgIpc) is 2.39. The van der Waals surface area contributed by atoms with E-state index in [1.807, 2.05) is 19.2 Å². The zero-order chi connectivity index (χ0) is 10.8. The van der Waals surface area contributed by atoms with E-state index >= 15 is 0 Å². The molecule has 80 valence electrons. The van der Waals surface area contributed by atoms with Crippen molar-refractivity contribution in [3.05, 3.63) is 23.9 Å². The summed E-state index contributed by atoms with van der Waals surface area (Å²) >= 11 is 0.